The maximum absolute atomic E-state index is 8.84. The fourth-order valence-corrected chi connectivity index (χ4v) is 1.44. The molecule has 0 spiro atoms. The molecule has 2 rings (SSSR count). The largest absolute Gasteiger partial charge is 0.457 e. The summed E-state index contributed by atoms with van der Waals surface area (Å²) in [5.74, 6) is 1.13. The van der Waals surface area contributed by atoms with Gasteiger partial charge in [0.05, 0.1) is 11.6 Å². The number of rotatable bonds is 2. The number of benzene rings is 1. The Kier molecular flexibility index (Phi) is 3.22. The zero-order valence-corrected chi connectivity index (χ0v) is 9.71. The monoisotopic (exact) mass is 235 g/mol. The number of aryl methyl sites for hydroxylation is 1. The summed E-state index contributed by atoms with van der Waals surface area (Å²) in [4.78, 5) is 3.86. The first-order valence-electron chi connectivity index (χ1n) is 5.27. The molecule has 0 aliphatic carbocycles. The summed E-state index contributed by atoms with van der Waals surface area (Å²) in [5.41, 5.74) is 1.75. The van der Waals surface area contributed by atoms with Gasteiger partial charge in [0.15, 0.2) is 0 Å². The molecule has 0 N–H and O–H groups in total. The van der Waals surface area contributed by atoms with Crippen molar-refractivity contribution in [3.8, 4) is 23.6 Å². The molecule has 0 saturated carbocycles. The molecular formula is C14H9N3O. The molecule has 0 radical (unpaired) electrons. The Morgan fingerprint density at radius 1 is 1.11 bits per heavy atom. The summed E-state index contributed by atoms with van der Waals surface area (Å²) in [7, 11) is 0. The van der Waals surface area contributed by atoms with Gasteiger partial charge in [0, 0.05) is 12.3 Å². The lowest BCUT2D eigenvalue weighted by Crippen LogP contribution is -1.90. The number of hydrogen-bond acceptors (Lipinski definition) is 4. The van der Waals surface area contributed by atoms with Crippen LogP contribution in [-0.2, 0) is 0 Å². The van der Waals surface area contributed by atoms with E-state index in [9.17, 15) is 0 Å². The minimum absolute atomic E-state index is 0.293. The summed E-state index contributed by atoms with van der Waals surface area (Å²) in [6.45, 7) is 1.89. The van der Waals surface area contributed by atoms with Crippen molar-refractivity contribution in [2.75, 3.05) is 0 Å². The van der Waals surface area contributed by atoms with E-state index in [1.807, 2.05) is 19.1 Å². The molecule has 0 fully saturated rings. The van der Waals surface area contributed by atoms with Crippen LogP contribution < -0.4 is 4.74 Å². The first-order chi connectivity index (χ1) is 8.72. The lowest BCUT2D eigenvalue weighted by atomic mass is 10.1. The molecule has 86 valence electrons. The van der Waals surface area contributed by atoms with E-state index in [0.29, 0.717) is 22.8 Å². The lowest BCUT2D eigenvalue weighted by molar-refractivity contribution is 0.478. The molecule has 0 bridgehead atoms. The number of pyridine rings is 1. The topological polar surface area (TPSA) is 69.7 Å². The second-order valence-electron chi connectivity index (χ2n) is 3.68. The van der Waals surface area contributed by atoms with Crippen molar-refractivity contribution >= 4 is 0 Å². The van der Waals surface area contributed by atoms with Gasteiger partial charge < -0.3 is 4.74 Å². The molecular weight excluding hydrogens is 226 g/mol. The van der Waals surface area contributed by atoms with E-state index in [1.54, 1.807) is 24.3 Å². The highest BCUT2D eigenvalue weighted by molar-refractivity contribution is 5.44. The first-order valence-corrected chi connectivity index (χ1v) is 5.27. The first kappa shape index (κ1) is 11.6. The van der Waals surface area contributed by atoms with Gasteiger partial charge in [-0.2, -0.15) is 10.5 Å². The molecule has 0 unspecified atom stereocenters. The lowest BCUT2D eigenvalue weighted by Gasteiger charge is -2.08. The van der Waals surface area contributed by atoms with Crippen molar-refractivity contribution in [2.45, 2.75) is 6.92 Å². The minimum Gasteiger partial charge on any atom is -0.457 e. The molecule has 1 aromatic carbocycles. The Morgan fingerprint density at radius 3 is 2.67 bits per heavy atom. The molecule has 1 aromatic heterocycles. The molecule has 0 saturated heterocycles. The van der Waals surface area contributed by atoms with Gasteiger partial charge in [0.1, 0.15) is 23.3 Å². The van der Waals surface area contributed by atoms with Gasteiger partial charge in [-0.15, -0.1) is 0 Å². The van der Waals surface area contributed by atoms with Crippen LogP contribution in [0.25, 0.3) is 0 Å². The molecule has 0 atom stereocenters. The van der Waals surface area contributed by atoms with Crippen LogP contribution in [0.2, 0.25) is 0 Å². The summed E-state index contributed by atoms with van der Waals surface area (Å²) in [6.07, 6.45) is 1.51. The third-order valence-electron chi connectivity index (χ3n) is 2.39. The van der Waals surface area contributed by atoms with Crippen LogP contribution in [0.4, 0.5) is 0 Å². The smallest absolute Gasteiger partial charge is 0.144 e. The predicted molar refractivity (Wildman–Crippen MR) is 64.9 cm³/mol. The average molecular weight is 235 g/mol. The van der Waals surface area contributed by atoms with Gasteiger partial charge in [-0.25, -0.2) is 4.98 Å². The third-order valence-corrected chi connectivity index (χ3v) is 2.39. The van der Waals surface area contributed by atoms with Gasteiger partial charge in [-0.05, 0) is 30.7 Å². The summed E-state index contributed by atoms with van der Waals surface area (Å²) < 4.78 is 5.65. The molecule has 4 heteroatoms. The minimum atomic E-state index is 0.293. The molecule has 1 heterocycles. The SMILES string of the molecule is Cc1ccc(C#N)cc1Oc1ccnc(C#N)c1. The van der Waals surface area contributed by atoms with Crippen molar-refractivity contribution in [1.29, 1.82) is 10.5 Å². The van der Waals surface area contributed by atoms with E-state index < -0.39 is 0 Å². The molecule has 0 aliphatic rings. The Hall–Kier alpha value is -2.85. The normalized spacial score (nSPS) is 9.28. The Labute approximate surface area is 105 Å². The van der Waals surface area contributed by atoms with Gasteiger partial charge in [0.25, 0.3) is 0 Å². The standard InChI is InChI=1S/C14H9N3O/c1-10-2-3-11(8-15)6-14(10)18-13-4-5-17-12(7-13)9-16/h2-7H,1H3. The van der Waals surface area contributed by atoms with E-state index >= 15 is 0 Å². The second kappa shape index (κ2) is 4.99. The molecule has 18 heavy (non-hydrogen) atoms. The van der Waals surface area contributed by atoms with E-state index in [2.05, 4.69) is 11.1 Å². The maximum atomic E-state index is 8.84. The van der Waals surface area contributed by atoms with Gasteiger partial charge in [0.2, 0.25) is 0 Å². The zero-order valence-electron chi connectivity index (χ0n) is 9.71. The number of nitriles is 2. The summed E-state index contributed by atoms with van der Waals surface area (Å²) >= 11 is 0. The quantitative estimate of drug-likeness (QED) is 0.802. The van der Waals surface area contributed by atoms with E-state index in [-0.39, 0.29) is 0 Å². The van der Waals surface area contributed by atoms with Gasteiger partial charge >= 0.3 is 0 Å². The third kappa shape index (κ3) is 2.45. The van der Waals surface area contributed by atoms with Crippen LogP contribution in [0.1, 0.15) is 16.8 Å². The van der Waals surface area contributed by atoms with Gasteiger partial charge in [-0.3, -0.25) is 0 Å². The number of hydrogen-bond donors (Lipinski definition) is 0. The molecule has 2 aromatic rings. The Bertz CT molecular complexity index is 665. The second-order valence-corrected chi connectivity index (χ2v) is 3.68. The Morgan fingerprint density at radius 2 is 1.94 bits per heavy atom. The fourth-order valence-electron chi connectivity index (χ4n) is 1.44. The van der Waals surface area contributed by atoms with Crippen LogP contribution in [-0.4, -0.2) is 4.98 Å². The number of nitrogens with zero attached hydrogens (tertiary/aromatic N) is 3. The highest BCUT2D eigenvalue weighted by Crippen LogP contribution is 2.25. The highest BCUT2D eigenvalue weighted by atomic mass is 16.5. The number of aromatic nitrogens is 1. The fraction of sp³-hybridized carbons (Fsp3) is 0.0714. The van der Waals surface area contributed by atoms with Crippen LogP contribution in [0, 0.1) is 29.6 Å². The predicted octanol–water partition coefficient (Wildman–Crippen LogP) is 2.93. The van der Waals surface area contributed by atoms with Crippen LogP contribution in [0.15, 0.2) is 36.5 Å². The van der Waals surface area contributed by atoms with E-state index in [4.69, 9.17) is 15.3 Å². The Balaban J connectivity index is 2.34. The van der Waals surface area contributed by atoms with Crippen LogP contribution in [0.5, 0.6) is 11.5 Å². The maximum Gasteiger partial charge on any atom is 0.144 e. The van der Waals surface area contributed by atoms with Crippen molar-refractivity contribution in [3.05, 3.63) is 53.3 Å². The zero-order chi connectivity index (χ0) is 13.0. The highest BCUT2D eigenvalue weighted by Gasteiger charge is 2.04. The molecule has 0 amide bonds. The summed E-state index contributed by atoms with van der Waals surface area (Å²) in [6, 6.07) is 12.4. The van der Waals surface area contributed by atoms with Crippen molar-refractivity contribution < 1.29 is 4.74 Å². The average Bonchev–Trinajstić information content (AvgIpc) is 2.41. The van der Waals surface area contributed by atoms with Crippen LogP contribution >= 0.6 is 0 Å². The van der Waals surface area contributed by atoms with Crippen molar-refractivity contribution in [3.63, 3.8) is 0 Å². The number of ether oxygens (including phenoxy) is 1. The molecule has 0 aliphatic heterocycles. The van der Waals surface area contributed by atoms with Gasteiger partial charge in [-0.1, -0.05) is 6.07 Å². The van der Waals surface area contributed by atoms with Crippen LogP contribution in [0.3, 0.4) is 0 Å². The van der Waals surface area contributed by atoms with E-state index in [0.717, 1.165) is 5.56 Å². The van der Waals surface area contributed by atoms with Crippen molar-refractivity contribution in [2.24, 2.45) is 0 Å². The molecule has 4 nitrogen and oxygen atoms in total. The summed E-state index contributed by atoms with van der Waals surface area (Å²) in [5, 5.41) is 17.6. The van der Waals surface area contributed by atoms with Crippen molar-refractivity contribution in [1.82, 2.24) is 4.98 Å². The van der Waals surface area contributed by atoms with E-state index in [1.165, 1.54) is 6.20 Å².